The molecular weight excluding hydrogens is 337 g/mol. The summed E-state index contributed by atoms with van der Waals surface area (Å²) in [5.74, 6) is -1.77. The summed E-state index contributed by atoms with van der Waals surface area (Å²) in [6, 6.07) is 5.62. The number of amides is 1. The van der Waals surface area contributed by atoms with Gasteiger partial charge in [0, 0.05) is 17.6 Å². The number of carbonyl (C=O) groups excluding carboxylic acids is 1. The first-order valence-electron chi connectivity index (χ1n) is 8.28. The van der Waals surface area contributed by atoms with Crippen LogP contribution in [0.2, 0.25) is 0 Å². The normalized spacial score (nSPS) is 15.8. The monoisotopic (exact) mass is 353 g/mol. The molecule has 0 saturated carbocycles. The number of halogens is 1. The van der Waals surface area contributed by atoms with Gasteiger partial charge in [-0.2, -0.15) is 0 Å². The van der Waals surface area contributed by atoms with E-state index in [0.29, 0.717) is 29.6 Å². The fraction of sp³-hybridized carbons (Fsp3) is 0.211. The molecule has 1 aromatic carbocycles. The molecule has 0 bridgehead atoms. The summed E-state index contributed by atoms with van der Waals surface area (Å²) >= 11 is 0. The van der Waals surface area contributed by atoms with Gasteiger partial charge in [-0.15, -0.1) is 0 Å². The van der Waals surface area contributed by atoms with Gasteiger partial charge in [-0.3, -0.25) is 14.6 Å². The van der Waals surface area contributed by atoms with Crippen LogP contribution in [0.5, 0.6) is 5.75 Å². The molecule has 6 nitrogen and oxygen atoms in total. The Morgan fingerprint density at radius 3 is 2.96 bits per heavy atom. The first-order chi connectivity index (χ1) is 12.5. The van der Waals surface area contributed by atoms with Gasteiger partial charge in [0.25, 0.3) is 11.5 Å². The van der Waals surface area contributed by atoms with E-state index in [-0.39, 0.29) is 11.4 Å². The number of aryl methyl sites for hydroxylation is 1. The van der Waals surface area contributed by atoms with Gasteiger partial charge in [0.1, 0.15) is 17.1 Å². The van der Waals surface area contributed by atoms with Crippen molar-refractivity contribution in [2.75, 3.05) is 5.32 Å². The number of carbonyl (C=O) groups is 1. The van der Waals surface area contributed by atoms with Gasteiger partial charge in [-0.25, -0.2) is 4.39 Å². The van der Waals surface area contributed by atoms with Crippen molar-refractivity contribution in [1.29, 1.82) is 0 Å². The second-order valence-corrected chi connectivity index (χ2v) is 6.44. The van der Waals surface area contributed by atoms with Crippen LogP contribution in [0, 0.1) is 5.82 Å². The van der Waals surface area contributed by atoms with Crippen molar-refractivity contribution in [3.63, 3.8) is 0 Å². The number of hydrogen-bond acceptors (Lipinski definition) is 4. The number of nitrogens with one attached hydrogen (secondary N) is 1. The second-order valence-electron chi connectivity index (χ2n) is 6.44. The van der Waals surface area contributed by atoms with Crippen LogP contribution >= 0.6 is 0 Å². The van der Waals surface area contributed by atoms with E-state index in [4.69, 9.17) is 0 Å². The molecule has 0 unspecified atom stereocenters. The molecule has 132 valence electrons. The number of hydrogen-bond donors (Lipinski definition) is 2. The van der Waals surface area contributed by atoms with E-state index in [2.05, 4.69) is 10.3 Å². The molecule has 3 aromatic rings. The first-order valence-corrected chi connectivity index (χ1v) is 8.28. The van der Waals surface area contributed by atoms with Crippen LogP contribution in [0.15, 0.2) is 41.5 Å². The molecule has 0 fully saturated rings. The molecule has 0 spiro atoms. The number of benzene rings is 1. The summed E-state index contributed by atoms with van der Waals surface area (Å²) < 4.78 is 15.5. The van der Waals surface area contributed by atoms with Crippen molar-refractivity contribution in [3.8, 4) is 5.75 Å². The van der Waals surface area contributed by atoms with E-state index in [1.54, 1.807) is 18.3 Å². The minimum atomic E-state index is -0.755. The minimum absolute atomic E-state index is 0.159. The van der Waals surface area contributed by atoms with Crippen LogP contribution < -0.4 is 10.9 Å². The van der Waals surface area contributed by atoms with Crippen LogP contribution in [0.25, 0.3) is 10.9 Å². The molecule has 4 rings (SSSR count). The fourth-order valence-corrected chi connectivity index (χ4v) is 3.52. The van der Waals surface area contributed by atoms with Gasteiger partial charge >= 0.3 is 0 Å². The number of pyridine rings is 2. The molecule has 1 atom stereocenters. The standard InChI is InChI=1S/C19H16FN3O3/c1-10-4-5-11-7-12(20)8-14-16(11)23(10)19(26)15(17(14)24)18(25)22-13-3-2-6-21-9-13/h2-3,6-10,24H,4-5H2,1H3,(H,22,25)/t10-/m0/s1. The van der Waals surface area contributed by atoms with Crippen molar-refractivity contribution in [1.82, 2.24) is 9.55 Å². The molecule has 2 N–H and O–H groups in total. The molecular formula is C19H16FN3O3. The smallest absolute Gasteiger partial charge is 0.267 e. The topological polar surface area (TPSA) is 84.2 Å². The van der Waals surface area contributed by atoms with Crippen LogP contribution in [0.3, 0.4) is 0 Å². The molecule has 0 aliphatic carbocycles. The number of aromatic nitrogens is 2. The SMILES string of the molecule is C[C@H]1CCc2cc(F)cc3c(O)c(C(=O)Nc4cccnc4)c(=O)n1c23. The largest absolute Gasteiger partial charge is 0.506 e. The zero-order valence-corrected chi connectivity index (χ0v) is 14.0. The maximum atomic E-state index is 14.0. The van der Waals surface area contributed by atoms with E-state index in [1.165, 1.54) is 16.8 Å². The van der Waals surface area contributed by atoms with Crippen molar-refractivity contribution in [2.45, 2.75) is 25.8 Å². The van der Waals surface area contributed by atoms with Crippen molar-refractivity contribution in [3.05, 3.63) is 64.0 Å². The lowest BCUT2D eigenvalue weighted by Crippen LogP contribution is -2.33. The van der Waals surface area contributed by atoms with Gasteiger partial charge in [-0.05, 0) is 49.6 Å². The summed E-state index contributed by atoms with van der Waals surface area (Å²) in [4.78, 5) is 29.5. The average Bonchev–Trinajstić information content (AvgIpc) is 2.61. The second kappa shape index (κ2) is 5.94. The van der Waals surface area contributed by atoms with Crippen molar-refractivity contribution < 1.29 is 14.3 Å². The Labute approximate surface area is 147 Å². The lowest BCUT2D eigenvalue weighted by Gasteiger charge is -2.26. The van der Waals surface area contributed by atoms with E-state index < -0.39 is 28.6 Å². The van der Waals surface area contributed by atoms with E-state index in [1.807, 2.05) is 6.92 Å². The average molecular weight is 353 g/mol. The predicted octanol–water partition coefficient (Wildman–Crippen LogP) is 3.00. The number of nitrogens with zero attached hydrogens (tertiary/aromatic N) is 2. The highest BCUT2D eigenvalue weighted by Crippen LogP contribution is 2.35. The quantitative estimate of drug-likeness (QED) is 0.742. The highest BCUT2D eigenvalue weighted by atomic mass is 19.1. The highest BCUT2D eigenvalue weighted by Gasteiger charge is 2.28. The van der Waals surface area contributed by atoms with E-state index in [0.717, 1.165) is 6.07 Å². The molecule has 1 aliphatic rings. The van der Waals surface area contributed by atoms with Crippen LogP contribution in [0.1, 0.15) is 35.3 Å². The predicted molar refractivity (Wildman–Crippen MR) is 95.1 cm³/mol. The maximum absolute atomic E-state index is 14.0. The number of aromatic hydroxyl groups is 1. The highest BCUT2D eigenvalue weighted by molar-refractivity contribution is 6.09. The molecule has 2 aromatic heterocycles. The third kappa shape index (κ3) is 2.44. The number of anilines is 1. The maximum Gasteiger partial charge on any atom is 0.267 e. The summed E-state index contributed by atoms with van der Waals surface area (Å²) in [5, 5.41) is 13.3. The molecule has 1 amide bonds. The van der Waals surface area contributed by atoms with Gasteiger partial charge in [0.2, 0.25) is 0 Å². The van der Waals surface area contributed by atoms with Crippen LogP contribution in [-0.2, 0) is 6.42 Å². The molecule has 0 radical (unpaired) electrons. The zero-order chi connectivity index (χ0) is 18.4. The lowest BCUT2D eigenvalue weighted by molar-refractivity contribution is 0.102. The van der Waals surface area contributed by atoms with Gasteiger partial charge in [0.05, 0.1) is 17.4 Å². The summed E-state index contributed by atoms with van der Waals surface area (Å²) in [7, 11) is 0. The van der Waals surface area contributed by atoms with Gasteiger partial charge in [0.15, 0.2) is 0 Å². The Balaban J connectivity index is 1.96. The molecule has 26 heavy (non-hydrogen) atoms. The molecule has 3 heterocycles. The Kier molecular flexibility index (Phi) is 3.72. The third-order valence-electron chi connectivity index (χ3n) is 4.74. The Hall–Kier alpha value is -3.22. The molecule has 1 aliphatic heterocycles. The van der Waals surface area contributed by atoms with E-state index >= 15 is 0 Å². The molecule has 7 heteroatoms. The van der Waals surface area contributed by atoms with Crippen molar-refractivity contribution in [2.24, 2.45) is 0 Å². The van der Waals surface area contributed by atoms with Gasteiger partial charge in [-0.1, -0.05) is 0 Å². The van der Waals surface area contributed by atoms with Crippen LogP contribution in [-0.4, -0.2) is 20.6 Å². The van der Waals surface area contributed by atoms with Gasteiger partial charge < -0.3 is 15.0 Å². The summed E-state index contributed by atoms with van der Waals surface area (Å²) in [6.07, 6.45) is 4.24. The van der Waals surface area contributed by atoms with E-state index in [9.17, 15) is 19.1 Å². The van der Waals surface area contributed by atoms with Crippen molar-refractivity contribution >= 4 is 22.5 Å². The third-order valence-corrected chi connectivity index (χ3v) is 4.74. The zero-order valence-electron chi connectivity index (χ0n) is 14.0. The number of rotatable bonds is 2. The molecule has 0 saturated heterocycles. The minimum Gasteiger partial charge on any atom is -0.506 e. The lowest BCUT2D eigenvalue weighted by atomic mass is 9.95. The first kappa shape index (κ1) is 16.3. The Bertz CT molecular complexity index is 1090. The summed E-state index contributed by atoms with van der Waals surface area (Å²) in [5.41, 5.74) is 0.557. The Morgan fingerprint density at radius 2 is 2.23 bits per heavy atom. The fourth-order valence-electron chi connectivity index (χ4n) is 3.52. The summed E-state index contributed by atoms with van der Waals surface area (Å²) in [6.45, 7) is 1.87. The van der Waals surface area contributed by atoms with Crippen LogP contribution in [0.4, 0.5) is 10.1 Å². The Morgan fingerprint density at radius 1 is 1.42 bits per heavy atom.